The molecular weight excluding hydrogens is 114 g/mol. The summed E-state index contributed by atoms with van der Waals surface area (Å²) in [5, 5.41) is 0. The van der Waals surface area contributed by atoms with E-state index in [-0.39, 0.29) is 0 Å². The van der Waals surface area contributed by atoms with Crippen LogP contribution in [-0.4, -0.2) is 23.9 Å². The minimum atomic E-state index is 0.304. The van der Waals surface area contributed by atoms with Gasteiger partial charge in [0.05, 0.1) is 0 Å². The van der Waals surface area contributed by atoms with Gasteiger partial charge >= 0.3 is 0 Å². The Morgan fingerprint density at radius 2 is 2.44 bits per heavy atom. The molecule has 1 radical (unpaired) electrons. The molecule has 2 nitrogen and oxygen atoms in total. The molecule has 51 valence electrons. The lowest BCUT2D eigenvalue weighted by Gasteiger charge is -2.12. The minimum absolute atomic E-state index is 0.304. The number of carbonyl (C=O) groups excluding carboxylic acids is 1. The fourth-order valence-corrected chi connectivity index (χ4v) is 1.13. The Kier molecular flexibility index (Phi) is 2.09. The summed E-state index contributed by atoms with van der Waals surface area (Å²) in [4.78, 5) is 12.7. The molecule has 1 aliphatic heterocycles. The second-order valence-electron chi connectivity index (χ2n) is 2.34. The van der Waals surface area contributed by atoms with Crippen molar-refractivity contribution in [1.29, 1.82) is 0 Å². The molecule has 1 heterocycles. The van der Waals surface area contributed by atoms with E-state index in [1.54, 1.807) is 0 Å². The van der Waals surface area contributed by atoms with Crippen molar-refractivity contribution in [3.05, 3.63) is 6.92 Å². The molecule has 9 heavy (non-hydrogen) atoms. The number of amides is 1. The number of hydrogen-bond acceptors (Lipinski definition) is 1. The number of carbonyl (C=O) groups is 1. The third kappa shape index (κ3) is 1.44. The Hall–Kier alpha value is -0.530. The van der Waals surface area contributed by atoms with Gasteiger partial charge in [0.15, 0.2) is 0 Å². The standard InChI is InChI=1S/C7H12NO/c1-2-5-8-6-3-4-7(8)9/h1-6H2. The van der Waals surface area contributed by atoms with Crippen LogP contribution in [0.4, 0.5) is 0 Å². The molecule has 0 saturated carbocycles. The number of nitrogens with zero attached hydrogens (tertiary/aromatic N) is 1. The number of likely N-dealkylation sites (tertiary alicyclic amines) is 1. The van der Waals surface area contributed by atoms with Gasteiger partial charge in [0, 0.05) is 19.5 Å². The van der Waals surface area contributed by atoms with E-state index < -0.39 is 0 Å². The van der Waals surface area contributed by atoms with Gasteiger partial charge < -0.3 is 4.90 Å². The Morgan fingerprint density at radius 3 is 2.89 bits per heavy atom. The van der Waals surface area contributed by atoms with Gasteiger partial charge in [-0.25, -0.2) is 0 Å². The maximum absolute atomic E-state index is 10.9. The zero-order valence-corrected chi connectivity index (χ0v) is 5.60. The van der Waals surface area contributed by atoms with E-state index in [2.05, 4.69) is 6.92 Å². The van der Waals surface area contributed by atoms with Gasteiger partial charge in [-0.1, -0.05) is 6.92 Å². The fraction of sp³-hybridized carbons (Fsp3) is 0.714. The van der Waals surface area contributed by atoms with Crippen molar-refractivity contribution in [1.82, 2.24) is 4.90 Å². The Bertz CT molecular complexity index is 111. The lowest BCUT2D eigenvalue weighted by atomic mass is 10.4. The second-order valence-corrected chi connectivity index (χ2v) is 2.34. The molecule has 0 spiro atoms. The summed E-state index contributed by atoms with van der Waals surface area (Å²) in [6.07, 6.45) is 2.63. The Labute approximate surface area is 55.8 Å². The van der Waals surface area contributed by atoms with Crippen LogP contribution in [0.25, 0.3) is 0 Å². The van der Waals surface area contributed by atoms with E-state index in [4.69, 9.17) is 0 Å². The Morgan fingerprint density at radius 1 is 1.67 bits per heavy atom. The molecule has 2 heteroatoms. The van der Waals surface area contributed by atoms with Gasteiger partial charge in [0.1, 0.15) is 0 Å². The van der Waals surface area contributed by atoms with Crippen molar-refractivity contribution in [3.8, 4) is 0 Å². The molecule has 1 aliphatic rings. The minimum Gasteiger partial charge on any atom is -0.343 e. The van der Waals surface area contributed by atoms with Crippen LogP contribution in [0, 0.1) is 6.92 Å². The highest BCUT2D eigenvalue weighted by Gasteiger charge is 2.17. The van der Waals surface area contributed by atoms with Crippen LogP contribution in [0.1, 0.15) is 19.3 Å². The van der Waals surface area contributed by atoms with Crippen molar-refractivity contribution in [2.75, 3.05) is 13.1 Å². The van der Waals surface area contributed by atoms with Crippen LogP contribution >= 0.6 is 0 Å². The van der Waals surface area contributed by atoms with Gasteiger partial charge in [0.2, 0.25) is 5.91 Å². The zero-order valence-electron chi connectivity index (χ0n) is 5.60. The highest BCUT2D eigenvalue weighted by molar-refractivity contribution is 5.77. The third-order valence-electron chi connectivity index (χ3n) is 1.60. The first kappa shape index (κ1) is 6.59. The summed E-state index contributed by atoms with van der Waals surface area (Å²) in [6, 6.07) is 0. The van der Waals surface area contributed by atoms with Crippen molar-refractivity contribution in [3.63, 3.8) is 0 Å². The summed E-state index contributed by atoms with van der Waals surface area (Å²) in [7, 11) is 0. The largest absolute Gasteiger partial charge is 0.343 e. The molecule has 1 fully saturated rings. The summed E-state index contributed by atoms with van der Waals surface area (Å²) in [5.74, 6) is 0.304. The molecular formula is C7H12NO. The van der Waals surface area contributed by atoms with Crippen LogP contribution in [0.5, 0.6) is 0 Å². The normalized spacial score (nSPS) is 19.2. The molecule has 1 rings (SSSR count). The summed E-state index contributed by atoms with van der Waals surface area (Å²) < 4.78 is 0. The van der Waals surface area contributed by atoms with Crippen LogP contribution < -0.4 is 0 Å². The van der Waals surface area contributed by atoms with E-state index in [1.807, 2.05) is 4.90 Å². The molecule has 0 unspecified atom stereocenters. The quantitative estimate of drug-likeness (QED) is 0.536. The SMILES string of the molecule is [CH2]CCN1CCCC1=O. The predicted octanol–water partition coefficient (Wildman–Crippen LogP) is 0.833. The van der Waals surface area contributed by atoms with Crippen molar-refractivity contribution in [2.24, 2.45) is 0 Å². The average Bonchev–Trinajstić information content (AvgIpc) is 2.18. The van der Waals surface area contributed by atoms with Gasteiger partial charge in [-0.3, -0.25) is 4.79 Å². The molecule has 1 saturated heterocycles. The van der Waals surface area contributed by atoms with Gasteiger partial charge in [-0.15, -0.1) is 0 Å². The van der Waals surface area contributed by atoms with Gasteiger partial charge in [-0.2, -0.15) is 0 Å². The zero-order chi connectivity index (χ0) is 6.69. The maximum Gasteiger partial charge on any atom is 0.222 e. The first-order valence-corrected chi connectivity index (χ1v) is 3.41. The molecule has 0 N–H and O–H groups in total. The second kappa shape index (κ2) is 2.85. The summed E-state index contributed by atoms with van der Waals surface area (Å²) in [6.45, 7) is 5.49. The van der Waals surface area contributed by atoms with Crippen molar-refractivity contribution < 1.29 is 4.79 Å². The number of hydrogen-bond donors (Lipinski definition) is 0. The van der Waals surface area contributed by atoms with E-state index in [9.17, 15) is 4.79 Å². The molecule has 0 bridgehead atoms. The molecule has 0 aliphatic carbocycles. The Balaban J connectivity index is 2.31. The average molecular weight is 126 g/mol. The maximum atomic E-state index is 10.9. The molecule has 0 aromatic carbocycles. The predicted molar refractivity (Wildman–Crippen MR) is 35.8 cm³/mol. The lowest BCUT2D eigenvalue weighted by molar-refractivity contribution is -0.127. The van der Waals surface area contributed by atoms with E-state index in [1.165, 1.54) is 0 Å². The van der Waals surface area contributed by atoms with Crippen molar-refractivity contribution in [2.45, 2.75) is 19.3 Å². The van der Waals surface area contributed by atoms with Crippen LogP contribution in [0.3, 0.4) is 0 Å². The van der Waals surface area contributed by atoms with Crippen LogP contribution in [0.15, 0.2) is 0 Å². The van der Waals surface area contributed by atoms with Crippen molar-refractivity contribution >= 4 is 5.91 Å². The summed E-state index contributed by atoms with van der Waals surface area (Å²) in [5.41, 5.74) is 0. The molecule has 0 atom stereocenters. The summed E-state index contributed by atoms with van der Waals surface area (Å²) >= 11 is 0. The number of rotatable bonds is 2. The first-order valence-electron chi connectivity index (χ1n) is 3.41. The molecule has 1 amide bonds. The van der Waals surface area contributed by atoms with Gasteiger partial charge in [-0.05, 0) is 12.8 Å². The van der Waals surface area contributed by atoms with E-state index >= 15 is 0 Å². The topological polar surface area (TPSA) is 20.3 Å². The third-order valence-corrected chi connectivity index (χ3v) is 1.60. The first-order chi connectivity index (χ1) is 4.34. The fourth-order valence-electron chi connectivity index (χ4n) is 1.13. The smallest absolute Gasteiger partial charge is 0.222 e. The van der Waals surface area contributed by atoms with Gasteiger partial charge in [0.25, 0.3) is 0 Å². The van der Waals surface area contributed by atoms with Crippen LogP contribution in [0.2, 0.25) is 0 Å². The van der Waals surface area contributed by atoms with E-state index in [0.29, 0.717) is 5.91 Å². The molecule has 0 aromatic heterocycles. The highest BCUT2D eigenvalue weighted by atomic mass is 16.2. The lowest BCUT2D eigenvalue weighted by Crippen LogP contribution is -2.24. The molecule has 0 aromatic rings. The monoisotopic (exact) mass is 126 g/mol. The van der Waals surface area contributed by atoms with Crippen LogP contribution in [-0.2, 0) is 4.79 Å². The van der Waals surface area contributed by atoms with E-state index in [0.717, 1.165) is 32.4 Å². The highest BCUT2D eigenvalue weighted by Crippen LogP contribution is 2.08.